The molecule has 0 spiro atoms. The maximum atomic E-state index is 13.4. The fraction of sp³-hybridized carbons (Fsp3) is 0.571. The number of nitrogens with zero attached hydrogens (tertiary/aromatic N) is 1. The minimum absolute atomic E-state index is 0.149. The highest BCUT2D eigenvalue weighted by Crippen LogP contribution is 2.29. The van der Waals surface area contributed by atoms with Gasteiger partial charge >= 0.3 is 0 Å². The van der Waals surface area contributed by atoms with E-state index in [1.165, 1.54) is 4.31 Å². The van der Waals surface area contributed by atoms with Gasteiger partial charge in [-0.05, 0) is 24.0 Å². The van der Waals surface area contributed by atoms with Crippen molar-refractivity contribution in [1.29, 1.82) is 0 Å². The lowest BCUT2D eigenvalue weighted by atomic mass is 10.2. The first-order valence-corrected chi connectivity index (χ1v) is 8.62. The van der Waals surface area contributed by atoms with Crippen LogP contribution in [0.3, 0.4) is 0 Å². The number of benzene rings is 1. The Kier molecular flexibility index (Phi) is 6.01. The monoisotopic (exact) mass is 336 g/mol. The summed E-state index contributed by atoms with van der Waals surface area (Å²) in [6, 6.07) is 2.02. The second-order valence-electron chi connectivity index (χ2n) is 5.91. The van der Waals surface area contributed by atoms with Gasteiger partial charge in [0.15, 0.2) is 0 Å². The molecule has 0 radical (unpaired) electrons. The lowest BCUT2D eigenvalue weighted by Gasteiger charge is -2.26. The van der Waals surface area contributed by atoms with Crippen LogP contribution < -0.4 is 5.73 Å². The van der Waals surface area contributed by atoms with Gasteiger partial charge in [-0.2, -0.15) is 4.31 Å². The Morgan fingerprint density at radius 2 is 1.67 bits per heavy atom. The minimum Gasteiger partial charge on any atom is -0.396 e. The number of nitrogen functional groups attached to an aromatic ring is 1. The van der Waals surface area contributed by atoms with E-state index < -0.39 is 15.8 Å². The van der Waals surface area contributed by atoms with Crippen molar-refractivity contribution in [3.8, 4) is 0 Å². The molecule has 0 unspecified atom stereocenters. The number of anilines is 1. The molecule has 0 saturated heterocycles. The molecule has 0 aliphatic heterocycles. The van der Waals surface area contributed by atoms with Crippen LogP contribution in [0, 0.1) is 17.7 Å². The largest absolute Gasteiger partial charge is 0.396 e. The Hall–Kier alpha value is -0.850. The van der Waals surface area contributed by atoms with Crippen molar-refractivity contribution in [2.45, 2.75) is 32.6 Å². The first-order chi connectivity index (χ1) is 9.55. The van der Waals surface area contributed by atoms with Gasteiger partial charge in [0.05, 0.1) is 10.7 Å². The lowest BCUT2D eigenvalue weighted by molar-refractivity contribution is 0.333. The summed E-state index contributed by atoms with van der Waals surface area (Å²) in [5.74, 6) is -0.400. The molecule has 0 bridgehead atoms. The Bertz CT molecular complexity index is 593. The third-order valence-electron chi connectivity index (χ3n) is 2.81. The molecular formula is C14H22ClFN2O2S. The summed E-state index contributed by atoms with van der Waals surface area (Å²) >= 11 is 5.90. The SMILES string of the molecule is CC(C)CN(CC(C)C)S(=O)(=O)c1cc(N)c(F)cc1Cl. The Morgan fingerprint density at radius 3 is 2.10 bits per heavy atom. The molecule has 1 aromatic carbocycles. The van der Waals surface area contributed by atoms with Crippen LogP contribution >= 0.6 is 11.6 Å². The van der Waals surface area contributed by atoms with Crippen molar-refractivity contribution >= 4 is 27.3 Å². The standard InChI is InChI=1S/C14H22ClFN2O2S/c1-9(2)7-18(8-10(3)4)21(19,20)14-6-13(17)12(16)5-11(14)15/h5-6,9-10H,7-8,17H2,1-4H3. The van der Waals surface area contributed by atoms with E-state index in [0.717, 1.165) is 12.1 Å². The van der Waals surface area contributed by atoms with Crippen LogP contribution in [0.5, 0.6) is 0 Å². The van der Waals surface area contributed by atoms with Gasteiger partial charge in [0, 0.05) is 13.1 Å². The first kappa shape index (κ1) is 18.2. The smallest absolute Gasteiger partial charge is 0.244 e. The number of nitrogens with two attached hydrogens (primary N) is 1. The summed E-state index contributed by atoms with van der Waals surface area (Å²) < 4.78 is 40.2. The van der Waals surface area contributed by atoms with E-state index in [9.17, 15) is 12.8 Å². The summed E-state index contributed by atoms with van der Waals surface area (Å²) in [4.78, 5) is -0.149. The predicted molar refractivity (Wildman–Crippen MR) is 84.3 cm³/mol. The zero-order valence-electron chi connectivity index (χ0n) is 12.7. The highest BCUT2D eigenvalue weighted by molar-refractivity contribution is 7.89. The third kappa shape index (κ3) is 4.56. The first-order valence-electron chi connectivity index (χ1n) is 6.80. The van der Waals surface area contributed by atoms with Crippen LogP contribution in [0.25, 0.3) is 0 Å². The van der Waals surface area contributed by atoms with E-state index in [1.54, 1.807) is 0 Å². The molecule has 0 amide bonds. The zero-order chi connectivity index (χ0) is 16.4. The molecule has 0 heterocycles. The van der Waals surface area contributed by atoms with Crippen molar-refractivity contribution in [1.82, 2.24) is 4.31 Å². The zero-order valence-corrected chi connectivity index (χ0v) is 14.3. The van der Waals surface area contributed by atoms with Crippen LogP contribution in [0.2, 0.25) is 5.02 Å². The number of hydrogen-bond donors (Lipinski definition) is 1. The van der Waals surface area contributed by atoms with Crippen LogP contribution in [0.1, 0.15) is 27.7 Å². The second kappa shape index (κ2) is 6.94. The van der Waals surface area contributed by atoms with Gasteiger partial charge < -0.3 is 5.73 Å². The van der Waals surface area contributed by atoms with Crippen molar-refractivity contribution in [3.63, 3.8) is 0 Å². The molecule has 0 aliphatic carbocycles. The van der Waals surface area contributed by atoms with E-state index in [2.05, 4.69) is 0 Å². The van der Waals surface area contributed by atoms with Crippen LogP contribution in [-0.4, -0.2) is 25.8 Å². The average molecular weight is 337 g/mol. The average Bonchev–Trinajstić information content (AvgIpc) is 2.31. The van der Waals surface area contributed by atoms with Crippen LogP contribution in [-0.2, 0) is 10.0 Å². The summed E-state index contributed by atoms with van der Waals surface area (Å²) in [6.07, 6.45) is 0. The van der Waals surface area contributed by atoms with Gasteiger partial charge in [-0.1, -0.05) is 39.3 Å². The Morgan fingerprint density at radius 1 is 1.19 bits per heavy atom. The van der Waals surface area contributed by atoms with Gasteiger partial charge in [0.2, 0.25) is 10.0 Å². The minimum atomic E-state index is -3.81. The van der Waals surface area contributed by atoms with Gasteiger partial charge in [-0.25, -0.2) is 12.8 Å². The number of sulfonamides is 1. The normalized spacial score (nSPS) is 12.6. The van der Waals surface area contributed by atoms with Crippen molar-refractivity contribution in [2.24, 2.45) is 11.8 Å². The summed E-state index contributed by atoms with van der Waals surface area (Å²) in [5.41, 5.74) is 5.24. The second-order valence-corrected chi connectivity index (χ2v) is 8.23. The lowest BCUT2D eigenvalue weighted by Crippen LogP contribution is -2.37. The fourth-order valence-corrected chi connectivity index (χ4v) is 4.26. The molecule has 1 aromatic rings. The molecule has 0 aliphatic rings. The van der Waals surface area contributed by atoms with Gasteiger partial charge in [-0.3, -0.25) is 0 Å². The van der Waals surface area contributed by atoms with E-state index in [0.29, 0.717) is 13.1 Å². The maximum Gasteiger partial charge on any atom is 0.244 e. The van der Waals surface area contributed by atoms with Crippen molar-refractivity contribution < 1.29 is 12.8 Å². The van der Waals surface area contributed by atoms with E-state index in [4.69, 9.17) is 17.3 Å². The summed E-state index contributed by atoms with van der Waals surface area (Å²) in [5, 5.41) is -0.154. The number of rotatable bonds is 6. The van der Waals surface area contributed by atoms with Gasteiger partial charge in [0.25, 0.3) is 0 Å². The predicted octanol–water partition coefficient (Wildman–Crippen LogP) is 3.36. The van der Waals surface area contributed by atoms with Crippen LogP contribution in [0.4, 0.5) is 10.1 Å². The third-order valence-corrected chi connectivity index (χ3v) is 5.10. The molecule has 0 aromatic heterocycles. The topological polar surface area (TPSA) is 63.4 Å². The molecule has 4 nitrogen and oxygen atoms in total. The van der Waals surface area contributed by atoms with Gasteiger partial charge in [0.1, 0.15) is 10.7 Å². The molecular weight excluding hydrogens is 315 g/mol. The highest BCUT2D eigenvalue weighted by atomic mass is 35.5. The number of halogens is 2. The Labute approximate surface area is 131 Å². The van der Waals surface area contributed by atoms with Gasteiger partial charge in [-0.15, -0.1) is 0 Å². The Balaban J connectivity index is 3.31. The van der Waals surface area contributed by atoms with Crippen molar-refractivity contribution in [3.05, 3.63) is 23.0 Å². The van der Waals surface area contributed by atoms with E-state index >= 15 is 0 Å². The summed E-state index contributed by atoms with van der Waals surface area (Å²) in [7, 11) is -3.81. The number of hydrogen-bond acceptors (Lipinski definition) is 3. The molecule has 1 rings (SSSR count). The molecule has 7 heteroatoms. The fourth-order valence-electron chi connectivity index (χ4n) is 1.97. The molecule has 21 heavy (non-hydrogen) atoms. The highest BCUT2D eigenvalue weighted by Gasteiger charge is 2.28. The quantitative estimate of drug-likeness (QED) is 0.810. The molecule has 120 valence electrons. The van der Waals surface area contributed by atoms with Crippen molar-refractivity contribution in [2.75, 3.05) is 18.8 Å². The molecule has 0 fully saturated rings. The molecule has 2 N–H and O–H groups in total. The maximum absolute atomic E-state index is 13.4. The van der Waals surface area contributed by atoms with E-state index in [-0.39, 0.29) is 27.4 Å². The molecule has 0 saturated carbocycles. The summed E-state index contributed by atoms with van der Waals surface area (Å²) in [6.45, 7) is 8.47. The van der Waals surface area contributed by atoms with E-state index in [1.807, 2.05) is 27.7 Å². The molecule has 0 atom stereocenters. The van der Waals surface area contributed by atoms with Crippen LogP contribution in [0.15, 0.2) is 17.0 Å².